The maximum absolute atomic E-state index is 10.8. The SMILES string of the molecule is Cc1cccc(C)c1-n1c(-c2ccccc2O)nc2c(-c3[c-]c(-c4ccccn4)cc(C#N)c3)cccc21.[Pt]. The van der Waals surface area contributed by atoms with Gasteiger partial charge in [0.1, 0.15) is 11.6 Å². The molecule has 0 amide bonds. The van der Waals surface area contributed by atoms with Crippen LogP contribution in [0.25, 0.3) is 50.5 Å². The Morgan fingerprint density at radius 1 is 0.821 bits per heavy atom. The molecule has 6 aromatic rings. The number of nitrogens with zero attached hydrogens (tertiary/aromatic N) is 4. The molecule has 2 heterocycles. The molecule has 39 heavy (non-hydrogen) atoms. The molecule has 0 aliphatic rings. The minimum Gasteiger partial charge on any atom is -0.507 e. The summed E-state index contributed by atoms with van der Waals surface area (Å²) in [4.78, 5) is 9.58. The van der Waals surface area contributed by atoms with Gasteiger partial charge < -0.3 is 5.11 Å². The third-order valence-electron chi connectivity index (χ3n) is 6.72. The van der Waals surface area contributed by atoms with Crippen LogP contribution in [0.4, 0.5) is 0 Å². The molecule has 192 valence electrons. The number of fused-ring (bicyclic) bond motifs is 1. The van der Waals surface area contributed by atoms with Gasteiger partial charge in [-0.3, -0.25) is 9.55 Å². The number of aryl methyl sites for hydroxylation is 2. The number of imidazole rings is 1. The Morgan fingerprint density at radius 3 is 2.23 bits per heavy atom. The van der Waals surface area contributed by atoms with Gasteiger partial charge >= 0.3 is 0 Å². The molecule has 0 atom stereocenters. The molecule has 1 N–H and O–H groups in total. The number of aromatic hydroxyl groups is 1. The summed E-state index contributed by atoms with van der Waals surface area (Å²) in [7, 11) is 0. The molecule has 6 heteroatoms. The topological polar surface area (TPSA) is 74.7 Å². The molecule has 5 nitrogen and oxygen atoms in total. The van der Waals surface area contributed by atoms with Gasteiger partial charge in [-0.1, -0.05) is 65.7 Å². The number of para-hydroxylation sites is 3. The third kappa shape index (κ3) is 4.65. The zero-order valence-electron chi connectivity index (χ0n) is 21.3. The molecule has 6 rings (SSSR count). The fourth-order valence-electron chi connectivity index (χ4n) is 4.98. The summed E-state index contributed by atoms with van der Waals surface area (Å²) in [5.74, 6) is 0.802. The molecule has 0 spiro atoms. The first-order valence-electron chi connectivity index (χ1n) is 12.3. The standard InChI is InChI=1S/C33H23N4O.Pt/c1-21-9-7-10-22(2)32(21)37-29-14-8-12-26(31(29)36-33(37)27-11-3-4-15-30(27)38)24-17-23(20-34)18-25(19-24)28-13-5-6-16-35-28;/h3-18,38H,1-2H3;/q-1;. The first-order valence-corrected chi connectivity index (χ1v) is 12.3. The van der Waals surface area contributed by atoms with Crippen molar-refractivity contribution in [1.29, 1.82) is 5.26 Å². The van der Waals surface area contributed by atoms with E-state index in [1.165, 1.54) is 0 Å². The van der Waals surface area contributed by atoms with Crippen LogP contribution in [0.5, 0.6) is 5.75 Å². The third-order valence-corrected chi connectivity index (χ3v) is 6.72. The van der Waals surface area contributed by atoms with Crippen LogP contribution in [0, 0.1) is 31.2 Å². The zero-order valence-corrected chi connectivity index (χ0v) is 23.6. The second kappa shape index (κ2) is 10.7. The van der Waals surface area contributed by atoms with Crippen LogP contribution >= 0.6 is 0 Å². The van der Waals surface area contributed by atoms with Gasteiger partial charge in [-0.25, -0.2) is 4.98 Å². The minimum absolute atomic E-state index is 0. The number of rotatable bonds is 4. The van der Waals surface area contributed by atoms with Gasteiger partial charge in [-0.15, -0.1) is 23.8 Å². The van der Waals surface area contributed by atoms with Crippen LogP contribution in [0.2, 0.25) is 0 Å². The van der Waals surface area contributed by atoms with E-state index in [2.05, 4.69) is 47.7 Å². The second-order valence-electron chi connectivity index (χ2n) is 9.22. The predicted molar refractivity (Wildman–Crippen MR) is 150 cm³/mol. The Labute approximate surface area is 241 Å². The maximum Gasteiger partial charge on any atom is 0.148 e. The number of phenolic OH excluding ortho intramolecular Hbond substituents is 1. The van der Waals surface area contributed by atoms with E-state index in [0.717, 1.165) is 50.2 Å². The number of nitriles is 1. The smallest absolute Gasteiger partial charge is 0.148 e. The van der Waals surface area contributed by atoms with Crippen molar-refractivity contribution in [2.45, 2.75) is 13.8 Å². The molecule has 0 aliphatic carbocycles. The van der Waals surface area contributed by atoms with Gasteiger partial charge in [0.2, 0.25) is 0 Å². The quantitative estimate of drug-likeness (QED) is 0.196. The first-order chi connectivity index (χ1) is 18.5. The summed E-state index contributed by atoms with van der Waals surface area (Å²) >= 11 is 0. The van der Waals surface area contributed by atoms with Gasteiger partial charge in [-0.2, -0.15) is 5.26 Å². The number of benzene rings is 4. The molecular formula is C33H23N4OPt-. The summed E-state index contributed by atoms with van der Waals surface area (Å²) in [6.45, 7) is 4.16. The van der Waals surface area contributed by atoms with E-state index in [0.29, 0.717) is 17.0 Å². The van der Waals surface area contributed by atoms with Crippen molar-refractivity contribution in [3.8, 4) is 51.3 Å². The summed E-state index contributed by atoms with van der Waals surface area (Å²) in [5.41, 5.74) is 9.12. The van der Waals surface area contributed by atoms with Crippen molar-refractivity contribution in [2.75, 3.05) is 0 Å². The fourth-order valence-corrected chi connectivity index (χ4v) is 4.98. The Bertz CT molecular complexity index is 1850. The monoisotopic (exact) mass is 686 g/mol. The summed E-state index contributed by atoms with van der Waals surface area (Å²) in [6, 6.07) is 34.5. The average molecular weight is 687 g/mol. The van der Waals surface area contributed by atoms with Gasteiger partial charge in [0.15, 0.2) is 0 Å². The van der Waals surface area contributed by atoms with Crippen LogP contribution in [-0.2, 0) is 21.1 Å². The van der Waals surface area contributed by atoms with Crippen molar-refractivity contribution in [1.82, 2.24) is 14.5 Å². The van der Waals surface area contributed by atoms with Crippen molar-refractivity contribution in [2.24, 2.45) is 0 Å². The number of pyridine rings is 1. The van der Waals surface area contributed by atoms with Gasteiger partial charge in [0.05, 0.1) is 28.4 Å². The van der Waals surface area contributed by atoms with E-state index in [4.69, 9.17) is 4.98 Å². The number of phenols is 1. The molecule has 0 aliphatic heterocycles. The van der Waals surface area contributed by atoms with Crippen molar-refractivity contribution in [3.63, 3.8) is 0 Å². The van der Waals surface area contributed by atoms with Crippen molar-refractivity contribution < 1.29 is 26.2 Å². The molecule has 0 fully saturated rings. The molecule has 2 aromatic heterocycles. The minimum atomic E-state index is 0. The predicted octanol–water partition coefficient (Wildman–Crippen LogP) is 7.41. The normalized spacial score (nSPS) is 10.7. The van der Waals surface area contributed by atoms with Crippen LogP contribution in [0.15, 0.2) is 97.2 Å². The van der Waals surface area contributed by atoms with E-state index >= 15 is 0 Å². The fraction of sp³-hybridized carbons (Fsp3) is 0.0606. The second-order valence-corrected chi connectivity index (χ2v) is 9.22. The number of hydrogen-bond acceptors (Lipinski definition) is 4. The molecule has 0 saturated carbocycles. The largest absolute Gasteiger partial charge is 0.507 e. The molecule has 0 radical (unpaired) electrons. The maximum atomic E-state index is 10.8. The molecule has 4 aromatic carbocycles. The van der Waals surface area contributed by atoms with Gasteiger partial charge in [-0.05, 0) is 54.8 Å². The van der Waals surface area contributed by atoms with E-state index < -0.39 is 0 Å². The number of hydrogen-bond donors (Lipinski definition) is 1. The summed E-state index contributed by atoms with van der Waals surface area (Å²) in [5, 5.41) is 20.6. The average Bonchev–Trinajstić information content (AvgIpc) is 3.32. The Balaban J connectivity index is 0.00000308. The molecular weight excluding hydrogens is 663 g/mol. The van der Waals surface area contributed by atoms with Gasteiger partial charge in [0.25, 0.3) is 0 Å². The van der Waals surface area contributed by atoms with Crippen LogP contribution in [0.3, 0.4) is 0 Å². The first kappa shape index (κ1) is 26.1. The summed E-state index contributed by atoms with van der Waals surface area (Å²) in [6.07, 6.45) is 1.73. The van der Waals surface area contributed by atoms with Crippen LogP contribution < -0.4 is 0 Å². The molecule has 0 saturated heterocycles. The Hall–Kier alpha value is -4.52. The van der Waals surface area contributed by atoms with E-state index in [-0.39, 0.29) is 26.8 Å². The van der Waals surface area contributed by atoms with E-state index in [1.54, 1.807) is 24.4 Å². The van der Waals surface area contributed by atoms with E-state index in [1.807, 2.05) is 60.7 Å². The number of aromatic nitrogens is 3. The molecule has 0 bridgehead atoms. The van der Waals surface area contributed by atoms with Crippen molar-refractivity contribution >= 4 is 11.0 Å². The van der Waals surface area contributed by atoms with E-state index in [9.17, 15) is 10.4 Å². The summed E-state index contributed by atoms with van der Waals surface area (Å²) < 4.78 is 2.12. The van der Waals surface area contributed by atoms with Gasteiger partial charge in [0, 0.05) is 33.0 Å². The Morgan fingerprint density at radius 2 is 1.51 bits per heavy atom. The molecule has 0 unspecified atom stereocenters. The van der Waals surface area contributed by atoms with Crippen LogP contribution in [-0.4, -0.2) is 19.6 Å². The zero-order chi connectivity index (χ0) is 26.2. The Kier molecular flexibility index (Phi) is 7.15. The van der Waals surface area contributed by atoms with Crippen LogP contribution in [0.1, 0.15) is 16.7 Å². The van der Waals surface area contributed by atoms with Crippen molar-refractivity contribution in [3.05, 3.63) is 120 Å².